The third-order valence-electron chi connectivity index (χ3n) is 5.90. The van der Waals surface area contributed by atoms with Crippen LogP contribution in [0.4, 0.5) is 26.0 Å². The molecular weight excluding hydrogens is 412 g/mol. The average molecular weight is 440 g/mol. The summed E-state index contributed by atoms with van der Waals surface area (Å²) in [7, 11) is 0. The standard InChI is InChI=1S/C23H27F2N7/c1-5-32-20-8-17(30-9-13(2)26-14(3)10-30)7-18(24)21(20)22(29-32)28-16-6-19(25)23-27-15(4)11-31(23)12-16/h6-8,11-14,26H,5,9-10H2,1-4H3,(H,28,29)/t13-,14-/m0/s1. The number of nitrogens with one attached hydrogen (secondary N) is 2. The maximum Gasteiger partial charge on any atom is 0.173 e. The van der Waals surface area contributed by atoms with Crippen LogP contribution < -0.4 is 15.5 Å². The number of imidazole rings is 1. The van der Waals surface area contributed by atoms with Crippen molar-refractivity contribution < 1.29 is 8.78 Å². The Balaban J connectivity index is 1.56. The summed E-state index contributed by atoms with van der Waals surface area (Å²) in [5.74, 6) is -0.436. The Bertz CT molecular complexity index is 1300. The van der Waals surface area contributed by atoms with Crippen molar-refractivity contribution in [2.45, 2.75) is 46.3 Å². The molecule has 1 aromatic carbocycles. The molecule has 32 heavy (non-hydrogen) atoms. The van der Waals surface area contributed by atoms with Crippen molar-refractivity contribution in [2.75, 3.05) is 23.3 Å². The van der Waals surface area contributed by atoms with Crippen LogP contribution in [0.2, 0.25) is 0 Å². The number of pyridine rings is 1. The maximum atomic E-state index is 15.4. The Kier molecular flexibility index (Phi) is 5.00. The third kappa shape index (κ3) is 3.56. The zero-order valence-corrected chi connectivity index (χ0v) is 18.7. The highest BCUT2D eigenvalue weighted by Gasteiger charge is 2.24. The van der Waals surface area contributed by atoms with Crippen molar-refractivity contribution >= 4 is 33.7 Å². The van der Waals surface area contributed by atoms with Crippen LogP contribution in [0.1, 0.15) is 26.5 Å². The van der Waals surface area contributed by atoms with E-state index in [4.69, 9.17) is 0 Å². The lowest BCUT2D eigenvalue weighted by Crippen LogP contribution is -2.54. The molecule has 0 radical (unpaired) electrons. The summed E-state index contributed by atoms with van der Waals surface area (Å²) < 4.78 is 33.3. The first-order valence-electron chi connectivity index (χ1n) is 10.9. The lowest BCUT2D eigenvalue weighted by molar-refractivity contribution is 0.407. The summed E-state index contributed by atoms with van der Waals surface area (Å²) in [6.45, 7) is 10.2. The fourth-order valence-corrected chi connectivity index (χ4v) is 4.67. The van der Waals surface area contributed by atoms with Crippen LogP contribution >= 0.6 is 0 Å². The second-order valence-electron chi connectivity index (χ2n) is 8.67. The number of halogens is 2. The SMILES string of the molecule is CCn1nc(Nc2cc(F)c3nc(C)cn3c2)c2c(F)cc(N3C[C@H](C)N[C@@H](C)C3)cc21. The molecule has 0 aliphatic carbocycles. The monoisotopic (exact) mass is 439 g/mol. The quantitative estimate of drug-likeness (QED) is 0.499. The Hall–Kier alpha value is -3.20. The Morgan fingerprint density at radius 3 is 2.56 bits per heavy atom. The molecule has 5 rings (SSSR count). The first-order chi connectivity index (χ1) is 15.3. The maximum absolute atomic E-state index is 15.4. The second-order valence-corrected chi connectivity index (χ2v) is 8.67. The molecular formula is C23H27F2N7. The molecule has 168 valence electrons. The summed E-state index contributed by atoms with van der Waals surface area (Å²) in [5.41, 5.74) is 3.01. The summed E-state index contributed by atoms with van der Waals surface area (Å²) in [6.07, 6.45) is 3.47. The van der Waals surface area contributed by atoms with Crippen LogP contribution in [0.5, 0.6) is 0 Å². The largest absolute Gasteiger partial charge is 0.368 e. The number of anilines is 3. The molecule has 1 saturated heterocycles. The molecule has 0 saturated carbocycles. The van der Waals surface area contributed by atoms with E-state index in [2.05, 4.69) is 39.5 Å². The van der Waals surface area contributed by atoms with Gasteiger partial charge in [0.05, 0.1) is 22.3 Å². The van der Waals surface area contributed by atoms with Crippen LogP contribution in [0.25, 0.3) is 16.6 Å². The fourth-order valence-electron chi connectivity index (χ4n) is 4.67. The molecule has 4 aromatic rings. The third-order valence-corrected chi connectivity index (χ3v) is 5.90. The lowest BCUT2D eigenvalue weighted by Gasteiger charge is -2.37. The number of piperazine rings is 1. The predicted molar refractivity (Wildman–Crippen MR) is 123 cm³/mol. The van der Waals surface area contributed by atoms with Crippen molar-refractivity contribution in [2.24, 2.45) is 0 Å². The molecule has 0 spiro atoms. The number of hydrogen-bond acceptors (Lipinski definition) is 5. The van der Waals surface area contributed by atoms with Gasteiger partial charge < -0.3 is 19.9 Å². The summed E-state index contributed by atoms with van der Waals surface area (Å²) >= 11 is 0. The van der Waals surface area contributed by atoms with E-state index in [1.54, 1.807) is 27.5 Å². The van der Waals surface area contributed by atoms with Gasteiger partial charge in [-0.1, -0.05) is 0 Å². The zero-order chi connectivity index (χ0) is 22.6. The van der Waals surface area contributed by atoms with E-state index in [0.717, 1.165) is 24.5 Å². The molecule has 9 heteroatoms. The van der Waals surface area contributed by atoms with Gasteiger partial charge in [0.15, 0.2) is 17.3 Å². The molecule has 1 aliphatic rings. The van der Waals surface area contributed by atoms with Crippen molar-refractivity contribution in [3.63, 3.8) is 0 Å². The van der Waals surface area contributed by atoms with Crippen LogP contribution in [-0.2, 0) is 6.54 Å². The number of aromatic nitrogens is 4. The van der Waals surface area contributed by atoms with Gasteiger partial charge in [-0.15, -0.1) is 0 Å². The van der Waals surface area contributed by atoms with Crippen LogP contribution in [0, 0.1) is 18.6 Å². The number of rotatable bonds is 4. The van der Waals surface area contributed by atoms with E-state index < -0.39 is 5.82 Å². The van der Waals surface area contributed by atoms with Gasteiger partial charge in [-0.3, -0.25) is 4.68 Å². The molecule has 2 N–H and O–H groups in total. The van der Waals surface area contributed by atoms with Crippen LogP contribution in [0.3, 0.4) is 0 Å². The van der Waals surface area contributed by atoms with Crippen LogP contribution in [-0.4, -0.2) is 44.3 Å². The van der Waals surface area contributed by atoms with Crippen molar-refractivity contribution in [1.29, 1.82) is 0 Å². The van der Waals surface area contributed by atoms with E-state index in [0.29, 0.717) is 41.0 Å². The molecule has 7 nitrogen and oxygen atoms in total. The first kappa shape index (κ1) is 20.7. The van der Waals surface area contributed by atoms with Crippen molar-refractivity contribution in [1.82, 2.24) is 24.5 Å². The Labute approximate surface area is 185 Å². The van der Waals surface area contributed by atoms with E-state index >= 15 is 4.39 Å². The number of nitrogens with zero attached hydrogens (tertiary/aromatic N) is 5. The molecule has 0 amide bonds. The van der Waals surface area contributed by atoms with E-state index in [1.165, 1.54) is 6.07 Å². The van der Waals surface area contributed by atoms with Crippen molar-refractivity contribution in [3.05, 3.63) is 47.9 Å². The van der Waals surface area contributed by atoms with Gasteiger partial charge in [0, 0.05) is 55.9 Å². The van der Waals surface area contributed by atoms with Gasteiger partial charge >= 0.3 is 0 Å². The van der Waals surface area contributed by atoms with Gasteiger partial charge in [0.25, 0.3) is 0 Å². The molecule has 0 bridgehead atoms. The normalized spacial score (nSPS) is 19.2. The Morgan fingerprint density at radius 2 is 1.84 bits per heavy atom. The van der Waals surface area contributed by atoms with Gasteiger partial charge in [0.2, 0.25) is 0 Å². The topological polar surface area (TPSA) is 62.4 Å². The Morgan fingerprint density at radius 1 is 1.09 bits per heavy atom. The summed E-state index contributed by atoms with van der Waals surface area (Å²) in [5, 5.41) is 11.6. The minimum Gasteiger partial charge on any atom is -0.368 e. The van der Waals surface area contributed by atoms with E-state index in [9.17, 15) is 4.39 Å². The van der Waals surface area contributed by atoms with E-state index in [1.807, 2.05) is 19.9 Å². The molecule has 4 heterocycles. The van der Waals surface area contributed by atoms with Gasteiger partial charge in [-0.2, -0.15) is 5.10 Å². The van der Waals surface area contributed by atoms with Gasteiger partial charge in [-0.05, 0) is 39.8 Å². The van der Waals surface area contributed by atoms with Gasteiger partial charge in [0.1, 0.15) is 5.82 Å². The molecule has 2 atom stereocenters. The number of benzene rings is 1. The highest BCUT2D eigenvalue weighted by atomic mass is 19.1. The number of aryl methyl sites for hydroxylation is 2. The van der Waals surface area contributed by atoms with Crippen LogP contribution in [0.15, 0.2) is 30.6 Å². The van der Waals surface area contributed by atoms with Crippen molar-refractivity contribution in [3.8, 4) is 0 Å². The zero-order valence-electron chi connectivity index (χ0n) is 18.7. The predicted octanol–water partition coefficient (Wildman–Crippen LogP) is 4.22. The summed E-state index contributed by atoms with van der Waals surface area (Å²) in [4.78, 5) is 6.39. The minimum absolute atomic E-state index is 0.257. The fraction of sp³-hybridized carbons (Fsp3) is 0.391. The molecule has 3 aromatic heterocycles. The highest BCUT2D eigenvalue weighted by molar-refractivity contribution is 5.94. The number of hydrogen-bond donors (Lipinski definition) is 2. The molecule has 0 unspecified atom stereocenters. The number of fused-ring (bicyclic) bond motifs is 2. The second kappa shape index (κ2) is 7.74. The first-order valence-corrected chi connectivity index (χ1v) is 10.9. The summed E-state index contributed by atoms with van der Waals surface area (Å²) in [6, 6.07) is 5.57. The van der Waals surface area contributed by atoms with E-state index in [-0.39, 0.29) is 11.5 Å². The average Bonchev–Trinajstić information content (AvgIpc) is 3.27. The molecule has 1 aliphatic heterocycles. The lowest BCUT2D eigenvalue weighted by atomic mass is 10.1. The molecule has 1 fully saturated rings. The minimum atomic E-state index is -0.452. The van der Waals surface area contributed by atoms with Gasteiger partial charge in [-0.25, -0.2) is 13.8 Å². The smallest absolute Gasteiger partial charge is 0.173 e. The highest BCUT2D eigenvalue weighted by Crippen LogP contribution is 2.33.